The number of hydrogen-bond donors (Lipinski definition) is 1. The lowest BCUT2D eigenvalue weighted by molar-refractivity contribution is -0.122. The number of nitrogens with one attached hydrogen (secondary N) is 1. The molecule has 1 saturated heterocycles. The lowest BCUT2D eigenvalue weighted by Gasteiger charge is -2.28. The maximum Gasteiger partial charge on any atom is 0.243 e. The SMILES string of the molecule is C[C@H](C(=O)NCc1ccccc1CN1CCCC1)N(c1cccc(Cl)c1)S(C)(=O)=O. The van der Waals surface area contributed by atoms with E-state index in [2.05, 4.69) is 16.3 Å². The van der Waals surface area contributed by atoms with Crippen molar-refractivity contribution >= 4 is 33.2 Å². The summed E-state index contributed by atoms with van der Waals surface area (Å²) in [6.07, 6.45) is 3.53. The minimum absolute atomic E-state index is 0.348. The quantitative estimate of drug-likeness (QED) is 0.670. The van der Waals surface area contributed by atoms with E-state index < -0.39 is 16.1 Å². The number of sulfonamides is 1. The van der Waals surface area contributed by atoms with E-state index in [9.17, 15) is 13.2 Å². The molecule has 2 aromatic rings. The van der Waals surface area contributed by atoms with E-state index in [4.69, 9.17) is 11.6 Å². The third kappa shape index (κ3) is 5.74. The highest BCUT2D eigenvalue weighted by atomic mass is 35.5. The molecule has 2 aromatic carbocycles. The predicted molar refractivity (Wildman–Crippen MR) is 121 cm³/mol. The topological polar surface area (TPSA) is 69.7 Å². The fourth-order valence-corrected chi connectivity index (χ4v) is 5.17. The van der Waals surface area contributed by atoms with Crippen LogP contribution in [-0.4, -0.2) is 44.6 Å². The van der Waals surface area contributed by atoms with Crippen molar-refractivity contribution in [3.05, 3.63) is 64.7 Å². The van der Waals surface area contributed by atoms with E-state index in [1.807, 2.05) is 18.2 Å². The molecule has 30 heavy (non-hydrogen) atoms. The van der Waals surface area contributed by atoms with E-state index in [0.29, 0.717) is 17.3 Å². The maximum absolute atomic E-state index is 12.9. The molecule has 1 atom stereocenters. The second-order valence-corrected chi connectivity index (χ2v) is 9.98. The van der Waals surface area contributed by atoms with Gasteiger partial charge in [0.25, 0.3) is 0 Å². The summed E-state index contributed by atoms with van der Waals surface area (Å²) >= 11 is 6.03. The van der Waals surface area contributed by atoms with Gasteiger partial charge in [0.1, 0.15) is 6.04 Å². The van der Waals surface area contributed by atoms with Gasteiger partial charge >= 0.3 is 0 Å². The Kier molecular flexibility index (Phi) is 7.39. The molecule has 0 saturated carbocycles. The second-order valence-electron chi connectivity index (χ2n) is 7.68. The van der Waals surface area contributed by atoms with Gasteiger partial charge in [-0.2, -0.15) is 0 Å². The zero-order valence-corrected chi connectivity index (χ0v) is 18.9. The molecule has 0 radical (unpaired) electrons. The zero-order chi connectivity index (χ0) is 21.7. The lowest BCUT2D eigenvalue weighted by atomic mass is 10.1. The second kappa shape index (κ2) is 9.81. The number of carbonyl (C=O) groups is 1. The van der Waals surface area contributed by atoms with Crippen molar-refractivity contribution < 1.29 is 13.2 Å². The molecular formula is C22H28ClN3O3S. The summed E-state index contributed by atoms with van der Waals surface area (Å²) in [6, 6.07) is 13.6. The number of anilines is 1. The van der Waals surface area contributed by atoms with Gasteiger partial charge in [0.2, 0.25) is 15.9 Å². The van der Waals surface area contributed by atoms with Gasteiger partial charge in [0.15, 0.2) is 0 Å². The smallest absolute Gasteiger partial charge is 0.243 e. The summed E-state index contributed by atoms with van der Waals surface area (Å²) in [6.45, 7) is 4.98. The van der Waals surface area contributed by atoms with E-state index in [1.54, 1.807) is 25.1 Å². The van der Waals surface area contributed by atoms with Crippen LogP contribution in [0.1, 0.15) is 30.9 Å². The summed E-state index contributed by atoms with van der Waals surface area (Å²) in [7, 11) is -3.68. The van der Waals surface area contributed by atoms with E-state index >= 15 is 0 Å². The molecule has 1 aliphatic heterocycles. The molecule has 162 valence electrons. The van der Waals surface area contributed by atoms with Crippen molar-refractivity contribution in [1.29, 1.82) is 0 Å². The van der Waals surface area contributed by atoms with Crippen LogP contribution >= 0.6 is 11.6 Å². The Morgan fingerprint density at radius 3 is 2.43 bits per heavy atom. The number of nitrogens with zero attached hydrogens (tertiary/aromatic N) is 2. The third-order valence-corrected chi connectivity index (χ3v) is 6.79. The van der Waals surface area contributed by atoms with Crippen LogP contribution in [0.15, 0.2) is 48.5 Å². The average molecular weight is 450 g/mol. The molecule has 8 heteroatoms. The summed E-state index contributed by atoms with van der Waals surface area (Å²) in [4.78, 5) is 15.3. The minimum atomic E-state index is -3.68. The molecule has 1 fully saturated rings. The van der Waals surface area contributed by atoms with Crippen LogP contribution in [0.5, 0.6) is 0 Å². The average Bonchev–Trinajstić information content (AvgIpc) is 3.19. The largest absolute Gasteiger partial charge is 0.350 e. The number of halogens is 1. The summed E-state index contributed by atoms with van der Waals surface area (Å²) in [5.41, 5.74) is 2.59. The Bertz CT molecular complexity index is 991. The van der Waals surface area contributed by atoms with Crippen LogP contribution in [0.4, 0.5) is 5.69 Å². The fourth-order valence-electron chi connectivity index (χ4n) is 3.82. The van der Waals surface area contributed by atoms with Crippen molar-refractivity contribution in [3.63, 3.8) is 0 Å². The number of carbonyl (C=O) groups excluding carboxylic acids is 1. The first-order valence-electron chi connectivity index (χ1n) is 10.1. The van der Waals surface area contributed by atoms with Crippen molar-refractivity contribution in [2.24, 2.45) is 0 Å². The van der Waals surface area contributed by atoms with Gasteiger partial charge in [-0.3, -0.25) is 14.0 Å². The standard InChI is InChI=1S/C22H28ClN3O3S/c1-17(26(30(2,28)29)21-11-7-10-20(23)14-21)22(27)24-15-18-8-3-4-9-19(18)16-25-12-5-6-13-25/h3-4,7-11,14,17H,5-6,12-13,15-16H2,1-2H3,(H,24,27)/t17-/m1/s1. The van der Waals surface area contributed by atoms with E-state index in [1.165, 1.54) is 24.5 Å². The Labute approximate surface area is 183 Å². The van der Waals surface area contributed by atoms with Gasteiger partial charge < -0.3 is 5.32 Å². The molecule has 1 heterocycles. The Morgan fingerprint density at radius 2 is 1.80 bits per heavy atom. The number of rotatable bonds is 8. The number of amides is 1. The van der Waals surface area contributed by atoms with Crippen LogP contribution in [0.2, 0.25) is 5.02 Å². The van der Waals surface area contributed by atoms with Gasteiger partial charge in [-0.1, -0.05) is 41.9 Å². The molecule has 6 nitrogen and oxygen atoms in total. The summed E-state index contributed by atoms with van der Waals surface area (Å²) in [5.74, 6) is -0.364. The molecule has 0 spiro atoms. The van der Waals surface area contributed by atoms with Gasteiger partial charge in [-0.25, -0.2) is 8.42 Å². The molecule has 1 amide bonds. The molecule has 3 rings (SSSR count). The highest BCUT2D eigenvalue weighted by molar-refractivity contribution is 7.92. The Balaban J connectivity index is 1.72. The van der Waals surface area contributed by atoms with Crippen molar-refractivity contribution in [1.82, 2.24) is 10.2 Å². The van der Waals surface area contributed by atoms with Crippen LogP contribution in [0.3, 0.4) is 0 Å². The normalized spacial score (nSPS) is 15.7. The molecule has 1 aliphatic rings. The van der Waals surface area contributed by atoms with E-state index in [-0.39, 0.29) is 5.91 Å². The number of likely N-dealkylation sites (tertiary alicyclic amines) is 1. The van der Waals surface area contributed by atoms with Crippen LogP contribution < -0.4 is 9.62 Å². The van der Waals surface area contributed by atoms with Gasteiger partial charge in [0.05, 0.1) is 11.9 Å². The van der Waals surface area contributed by atoms with Crippen molar-refractivity contribution in [3.8, 4) is 0 Å². The molecule has 0 bridgehead atoms. The first kappa shape index (κ1) is 22.6. The minimum Gasteiger partial charge on any atom is -0.350 e. The first-order chi connectivity index (χ1) is 14.3. The zero-order valence-electron chi connectivity index (χ0n) is 17.3. The molecule has 0 aliphatic carbocycles. The Hall–Kier alpha value is -2.09. The molecule has 0 aromatic heterocycles. The van der Waals surface area contributed by atoms with Gasteiger partial charge in [-0.15, -0.1) is 0 Å². The fraction of sp³-hybridized carbons (Fsp3) is 0.409. The summed E-state index contributed by atoms with van der Waals surface area (Å²) < 4.78 is 25.9. The number of hydrogen-bond acceptors (Lipinski definition) is 4. The van der Waals surface area contributed by atoms with Crippen LogP contribution in [-0.2, 0) is 27.9 Å². The lowest BCUT2D eigenvalue weighted by Crippen LogP contribution is -2.47. The number of benzene rings is 2. The van der Waals surface area contributed by atoms with Crippen LogP contribution in [0, 0.1) is 0 Å². The van der Waals surface area contributed by atoms with Gasteiger partial charge in [0, 0.05) is 18.1 Å². The monoisotopic (exact) mass is 449 g/mol. The molecule has 0 unspecified atom stereocenters. The predicted octanol–water partition coefficient (Wildman–Crippen LogP) is 3.41. The van der Waals surface area contributed by atoms with E-state index in [0.717, 1.165) is 35.8 Å². The molecule has 1 N–H and O–H groups in total. The highest BCUT2D eigenvalue weighted by Gasteiger charge is 2.29. The maximum atomic E-state index is 12.9. The molecular weight excluding hydrogens is 422 g/mol. The summed E-state index contributed by atoms with van der Waals surface area (Å²) in [5, 5.41) is 3.31. The first-order valence-corrected chi connectivity index (χ1v) is 12.3. The van der Waals surface area contributed by atoms with Crippen molar-refractivity contribution in [2.75, 3.05) is 23.7 Å². The van der Waals surface area contributed by atoms with Gasteiger partial charge in [-0.05, 0) is 62.2 Å². The Morgan fingerprint density at radius 1 is 1.13 bits per heavy atom. The van der Waals surface area contributed by atoms with Crippen LogP contribution in [0.25, 0.3) is 0 Å². The van der Waals surface area contributed by atoms with Crippen molar-refractivity contribution in [2.45, 2.75) is 38.9 Å². The highest BCUT2D eigenvalue weighted by Crippen LogP contribution is 2.24. The third-order valence-electron chi connectivity index (χ3n) is 5.32.